The number of aromatic amines is 1. The van der Waals surface area contributed by atoms with Crippen molar-refractivity contribution in [2.45, 2.75) is 39.7 Å². The lowest BCUT2D eigenvalue weighted by Gasteiger charge is -2.08. The molecule has 2 aromatic rings. The van der Waals surface area contributed by atoms with Gasteiger partial charge in [0.1, 0.15) is 5.65 Å². The molecule has 2 rings (SSSR count). The topological polar surface area (TPSA) is 86.9 Å². The minimum atomic E-state index is -0.157. The van der Waals surface area contributed by atoms with Crippen LogP contribution in [0.1, 0.15) is 44.0 Å². The predicted octanol–water partition coefficient (Wildman–Crippen LogP) is 2.44. The molecule has 0 saturated carbocycles. The molecule has 2 aromatic heterocycles. The number of rotatable bonds is 5. The number of amides is 2. The Morgan fingerprint density at radius 3 is 2.81 bits per heavy atom. The van der Waals surface area contributed by atoms with Gasteiger partial charge in [-0.15, -0.1) is 0 Å². The van der Waals surface area contributed by atoms with Gasteiger partial charge < -0.3 is 15.6 Å². The van der Waals surface area contributed by atoms with E-state index in [0.29, 0.717) is 28.7 Å². The SMILES string of the molecule is CCCC(=O)Nc1cnc2[nH]cc(C(=O)NC(C)C)c2c1. The number of aromatic nitrogens is 2. The maximum absolute atomic E-state index is 12.1. The summed E-state index contributed by atoms with van der Waals surface area (Å²) in [6.45, 7) is 5.75. The normalized spacial score (nSPS) is 10.9. The summed E-state index contributed by atoms with van der Waals surface area (Å²) >= 11 is 0. The van der Waals surface area contributed by atoms with Crippen molar-refractivity contribution in [3.63, 3.8) is 0 Å². The van der Waals surface area contributed by atoms with E-state index < -0.39 is 0 Å². The average molecular weight is 288 g/mol. The van der Waals surface area contributed by atoms with Crippen LogP contribution in [-0.4, -0.2) is 27.8 Å². The number of pyridine rings is 1. The van der Waals surface area contributed by atoms with Crippen molar-refractivity contribution < 1.29 is 9.59 Å². The number of anilines is 1. The Morgan fingerprint density at radius 1 is 1.38 bits per heavy atom. The molecule has 0 spiro atoms. The van der Waals surface area contributed by atoms with Gasteiger partial charge in [0.25, 0.3) is 5.91 Å². The predicted molar refractivity (Wildman–Crippen MR) is 82.2 cm³/mol. The fourth-order valence-electron chi connectivity index (χ4n) is 2.05. The molecule has 2 amide bonds. The van der Waals surface area contributed by atoms with Crippen LogP contribution < -0.4 is 10.6 Å². The highest BCUT2D eigenvalue weighted by molar-refractivity contribution is 6.07. The summed E-state index contributed by atoms with van der Waals surface area (Å²) in [5, 5.41) is 6.33. The second-order valence-electron chi connectivity index (χ2n) is 5.25. The number of H-pyrrole nitrogens is 1. The van der Waals surface area contributed by atoms with Gasteiger partial charge in [-0.05, 0) is 26.3 Å². The Kier molecular flexibility index (Phi) is 4.57. The molecule has 0 aliphatic carbocycles. The Hall–Kier alpha value is -2.37. The smallest absolute Gasteiger partial charge is 0.253 e. The van der Waals surface area contributed by atoms with E-state index in [9.17, 15) is 9.59 Å². The Bertz CT molecular complexity index is 661. The lowest BCUT2D eigenvalue weighted by Crippen LogP contribution is -2.29. The number of carbonyl (C=O) groups excluding carboxylic acids is 2. The van der Waals surface area contributed by atoms with Crippen molar-refractivity contribution in [3.8, 4) is 0 Å². The van der Waals surface area contributed by atoms with Gasteiger partial charge in [0, 0.05) is 24.0 Å². The Morgan fingerprint density at radius 2 is 2.14 bits per heavy atom. The lowest BCUT2D eigenvalue weighted by atomic mass is 10.2. The van der Waals surface area contributed by atoms with Crippen LogP contribution in [0.2, 0.25) is 0 Å². The molecule has 0 radical (unpaired) electrons. The first-order chi connectivity index (χ1) is 10.0. The van der Waals surface area contributed by atoms with E-state index in [0.717, 1.165) is 6.42 Å². The molecular formula is C15H20N4O2. The van der Waals surface area contributed by atoms with Gasteiger partial charge in [-0.25, -0.2) is 4.98 Å². The largest absolute Gasteiger partial charge is 0.350 e. The van der Waals surface area contributed by atoms with Crippen LogP contribution in [0.4, 0.5) is 5.69 Å². The van der Waals surface area contributed by atoms with Crippen molar-refractivity contribution in [2.24, 2.45) is 0 Å². The second kappa shape index (κ2) is 6.39. The zero-order valence-electron chi connectivity index (χ0n) is 12.5. The standard InChI is InChI=1S/C15H20N4O2/c1-4-5-13(20)19-10-6-11-12(15(21)18-9(2)3)8-17-14(11)16-7-10/h6-9H,4-5H2,1-3H3,(H,16,17)(H,18,21)(H,19,20). The van der Waals surface area contributed by atoms with Gasteiger partial charge in [0.05, 0.1) is 17.4 Å². The van der Waals surface area contributed by atoms with Crippen LogP contribution in [-0.2, 0) is 4.79 Å². The second-order valence-corrected chi connectivity index (χ2v) is 5.25. The summed E-state index contributed by atoms with van der Waals surface area (Å²) in [4.78, 5) is 30.9. The van der Waals surface area contributed by atoms with Gasteiger partial charge in [-0.2, -0.15) is 0 Å². The molecule has 0 saturated heterocycles. The molecule has 6 heteroatoms. The van der Waals surface area contributed by atoms with Crippen LogP contribution in [0.5, 0.6) is 0 Å². The van der Waals surface area contributed by atoms with Crippen molar-refractivity contribution in [2.75, 3.05) is 5.32 Å². The molecule has 6 nitrogen and oxygen atoms in total. The molecule has 0 unspecified atom stereocenters. The molecule has 21 heavy (non-hydrogen) atoms. The first kappa shape index (κ1) is 15.0. The fourth-order valence-corrected chi connectivity index (χ4v) is 2.05. The van der Waals surface area contributed by atoms with E-state index in [1.54, 1.807) is 18.5 Å². The molecule has 0 aliphatic heterocycles. The zero-order chi connectivity index (χ0) is 15.4. The summed E-state index contributed by atoms with van der Waals surface area (Å²) in [7, 11) is 0. The molecule has 112 valence electrons. The van der Waals surface area contributed by atoms with Crippen LogP contribution >= 0.6 is 0 Å². The summed E-state index contributed by atoms with van der Waals surface area (Å²) in [6, 6.07) is 1.82. The maximum atomic E-state index is 12.1. The number of carbonyl (C=O) groups is 2. The molecule has 0 atom stereocenters. The molecule has 3 N–H and O–H groups in total. The average Bonchev–Trinajstić information content (AvgIpc) is 2.81. The maximum Gasteiger partial charge on any atom is 0.253 e. The van der Waals surface area contributed by atoms with E-state index in [1.807, 2.05) is 20.8 Å². The highest BCUT2D eigenvalue weighted by Gasteiger charge is 2.14. The number of fused-ring (bicyclic) bond motifs is 1. The van der Waals surface area contributed by atoms with Crippen LogP contribution in [0.15, 0.2) is 18.5 Å². The number of hydrogen-bond donors (Lipinski definition) is 3. The van der Waals surface area contributed by atoms with E-state index in [1.165, 1.54) is 0 Å². The molecule has 2 heterocycles. The molecule has 0 bridgehead atoms. The van der Waals surface area contributed by atoms with E-state index in [2.05, 4.69) is 20.6 Å². The van der Waals surface area contributed by atoms with Gasteiger partial charge in [0.2, 0.25) is 5.91 Å². The lowest BCUT2D eigenvalue weighted by molar-refractivity contribution is -0.116. The van der Waals surface area contributed by atoms with Crippen LogP contribution in [0.25, 0.3) is 11.0 Å². The third-order valence-corrected chi connectivity index (χ3v) is 2.96. The molecular weight excluding hydrogens is 268 g/mol. The Labute approximate surface area is 123 Å². The number of nitrogens with zero attached hydrogens (tertiary/aromatic N) is 1. The summed E-state index contributed by atoms with van der Waals surface area (Å²) in [6.07, 6.45) is 4.46. The molecule has 0 fully saturated rings. The quantitative estimate of drug-likeness (QED) is 0.789. The fraction of sp³-hybridized carbons (Fsp3) is 0.400. The van der Waals surface area contributed by atoms with Gasteiger partial charge in [-0.1, -0.05) is 6.92 Å². The van der Waals surface area contributed by atoms with Crippen LogP contribution in [0.3, 0.4) is 0 Å². The van der Waals surface area contributed by atoms with E-state index in [4.69, 9.17) is 0 Å². The van der Waals surface area contributed by atoms with Crippen LogP contribution in [0, 0.1) is 0 Å². The van der Waals surface area contributed by atoms with Crippen molar-refractivity contribution in [1.82, 2.24) is 15.3 Å². The van der Waals surface area contributed by atoms with Gasteiger partial charge >= 0.3 is 0 Å². The minimum absolute atomic E-state index is 0.0534. The highest BCUT2D eigenvalue weighted by atomic mass is 16.2. The number of hydrogen-bond acceptors (Lipinski definition) is 3. The molecule has 0 aromatic carbocycles. The highest BCUT2D eigenvalue weighted by Crippen LogP contribution is 2.20. The first-order valence-corrected chi connectivity index (χ1v) is 7.09. The summed E-state index contributed by atoms with van der Waals surface area (Å²) in [5.41, 5.74) is 1.74. The molecule has 0 aliphatic rings. The third kappa shape index (κ3) is 3.59. The minimum Gasteiger partial charge on any atom is -0.350 e. The van der Waals surface area contributed by atoms with E-state index in [-0.39, 0.29) is 17.9 Å². The Balaban J connectivity index is 2.28. The number of nitrogens with one attached hydrogen (secondary N) is 3. The monoisotopic (exact) mass is 288 g/mol. The van der Waals surface area contributed by atoms with Crippen molar-refractivity contribution in [1.29, 1.82) is 0 Å². The third-order valence-electron chi connectivity index (χ3n) is 2.96. The van der Waals surface area contributed by atoms with Gasteiger partial charge in [-0.3, -0.25) is 9.59 Å². The van der Waals surface area contributed by atoms with Crippen molar-refractivity contribution >= 4 is 28.5 Å². The van der Waals surface area contributed by atoms with Crippen molar-refractivity contribution in [3.05, 3.63) is 24.0 Å². The zero-order valence-corrected chi connectivity index (χ0v) is 12.5. The van der Waals surface area contributed by atoms with E-state index >= 15 is 0 Å². The summed E-state index contributed by atoms with van der Waals surface area (Å²) in [5.74, 6) is -0.211. The van der Waals surface area contributed by atoms with Gasteiger partial charge in [0.15, 0.2) is 0 Å². The first-order valence-electron chi connectivity index (χ1n) is 7.09. The summed E-state index contributed by atoms with van der Waals surface area (Å²) < 4.78 is 0.